The van der Waals surface area contributed by atoms with Crippen LogP contribution in [0.3, 0.4) is 0 Å². The lowest BCUT2D eigenvalue weighted by molar-refractivity contribution is 0.0666. The van der Waals surface area contributed by atoms with Gasteiger partial charge in [0.15, 0.2) is 11.6 Å². The van der Waals surface area contributed by atoms with Crippen LogP contribution in [0, 0.1) is 5.82 Å². The Labute approximate surface area is 88.0 Å². The van der Waals surface area contributed by atoms with Crippen LogP contribution in [-0.4, -0.2) is 19.3 Å². The highest BCUT2D eigenvalue weighted by molar-refractivity contribution is 5.42. The number of ether oxygens (including phenoxy) is 2. The first kappa shape index (κ1) is 10.2. The number of benzene rings is 1. The first-order valence-corrected chi connectivity index (χ1v) is 5.05. The summed E-state index contributed by atoms with van der Waals surface area (Å²) >= 11 is 0. The zero-order chi connectivity index (χ0) is 10.7. The highest BCUT2D eigenvalue weighted by Crippen LogP contribution is 2.21. The molecule has 3 nitrogen and oxygen atoms in total. The molecule has 1 heterocycles. The zero-order valence-corrected chi connectivity index (χ0v) is 8.41. The van der Waals surface area contributed by atoms with E-state index in [0.717, 1.165) is 19.4 Å². The smallest absolute Gasteiger partial charge is 0.167 e. The Hall–Kier alpha value is -1.29. The van der Waals surface area contributed by atoms with Crippen molar-refractivity contribution < 1.29 is 13.9 Å². The van der Waals surface area contributed by atoms with Gasteiger partial charge in [0.2, 0.25) is 0 Å². The SMILES string of the molecule is Nc1ccc(OCC2CCCO2)c(F)c1. The molecule has 82 valence electrons. The van der Waals surface area contributed by atoms with Crippen LogP contribution in [0.4, 0.5) is 10.1 Å². The van der Waals surface area contributed by atoms with Crippen LogP contribution in [0.5, 0.6) is 5.75 Å². The normalized spacial score (nSPS) is 20.5. The third kappa shape index (κ3) is 2.59. The Balaban J connectivity index is 1.92. The summed E-state index contributed by atoms with van der Waals surface area (Å²) in [4.78, 5) is 0. The second-order valence-electron chi connectivity index (χ2n) is 3.64. The average Bonchev–Trinajstić information content (AvgIpc) is 2.69. The predicted molar refractivity (Wildman–Crippen MR) is 55.3 cm³/mol. The molecule has 4 heteroatoms. The van der Waals surface area contributed by atoms with Crippen LogP contribution >= 0.6 is 0 Å². The molecule has 1 unspecified atom stereocenters. The van der Waals surface area contributed by atoms with Crippen molar-refractivity contribution >= 4 is 5.69 Å². The van der Waals surface area contributed by atoms with Crippen molar-refractivity contribution in [3.8, 4) is 5.75 Å². The van der Waals surface area contributed by atoms with Crippen molar-refractivity contribution in [3.05, 3.63) is 24.0 Å². The van der Waals surface area contributed by atoms with E-state index in [1.165, 1.54) is 6.07 Å². The zero-order valence-electron chi connectivity index (χ0n) is 8.41. The second kappa shape index (κ2) is 4.49. The van der Waals surface area contributed by atoms with E-state index in [9.17, 15) is 4.39 Å². The molecule has 0 spiro atoms. The van der Waals surface area contributed by atoms with Crippen LogP contribution in [0.25, 0.3) is 0 Å². The van der Waals surface area contributed by atoms with E-state index >= 15 is 0 Å². The van der Waals surface area contributed by atoms with Crippen molar-refractivity contribution in [1.82, 2.24) is 0 Å². The molecule has 1 aromatic carbocycles. The third-order valence-electron chi connectivity index (χ3n) is 2.40. The summed E-state index contributed by atoms with van der Waals surface area (Å²) in [6.07, 6.45) is 2.14. The lowest BCUT2D eigenvalue weighted by Gasteiger charge is -2.11. The van der Waals surface area contributed by atoms with Crippen LogP contribution in [0.2, 0.25) is 0 Å². The summed E-state index contributed by atoms with van der Waals surface area (Å²) in [5.74, 6) is -0.187. The van der Waals surface area contributed by atoms with Gasteiger partial charge >= 0.3 is 0 Å². The minimum absolute atomic E-state index is 0.0990. The Kier molecular flexibility index (Phi) is 3.06. The van der Waals surface area contributed by atoms with Crippen LogP contribution in [0.1, 0.15) is 12.8 Å². The first-order chi connectivity index (χ1) is 7.25. The number of halogens is 1. The first-order valence-electron chi connectivity index (χ1n) is 5.05. The number of nitrogen functional groups attached to an aromatic ring is 1. The lowest BCUT2D eigenvalue weighted by Crippen LogP contribution is -2.16. The van der Waals surface area contributed by atoms with Gasteiger partial charge in [-0.1, -0.05) is 0 Å². The molecule has 1 fully saturated rings. The minimum Gasteiger partial charge on any atom is -0.488 e. The monoisotopic (exact) mass is 211 g/mol. The third-order valence-corrected chi connectivity index (χ3v) is 2.40. The molecule has 0 aromatic heterocycles. The van der Waals surface area contributed by atoms with Gasteiger partial charge in [-0.05, 0) is 25.0 Å². The molecule has 0 saturated carbocycles. The van der Waals surface area contributed by atoms with Crippen LogP contribution in [0.15, 0.2) is 18.2 Å². The maximum Gasteiger partial charge on any atom is 0.167 e. The Morgan fingerprint density at radius 2 is 2.40 bits per heavy atom. The van der Waals surface area contributed by atoms with E-state index in [0.29, 0.717) is 12.3 Å². The van der Waals surface area contributed by atoms with Gasteiger partial charge in [0.05, 0.1) is 6.10 Å². The maximum absolute atomic E-state index is 13.3. The molecular formula is C11H14FNO2. The molecule has 0 amide bonds. The molecule has 1 aromatic rings. The van der Waals surface area contributed by atoms with Crippen LogP contribution in [-0.2, 0) is 4.74 Å². The number of nitrogens with two attached hydrogens (primary N) is 1. The quantitative estimate of drug-likeness (QED) is 0.777. The number of rotatable bonds is 3. The molecular weight excluding hydrogens is 197 g/mol. The number of hydrogen-bond acceptors (Lipinski definition) is 3. The molecule has 15 heavy (non-hydrogen) atoms. The van der Waals surface area contributed by atoms with Gasteiger partial charge in [-0.15, -0.1) is 0 Å². The Morgan fingerprint density at radius 3 is 3.07 bits per heavy atom. The topological polar surface area (TPSA) is 44.5 Å². The highest BCUT2D eigenvalue weighted by atomic mass is 19.1. The van der Waals surface area contributed by atoms with E-state index < -0.39 is 5.82 Å². The van der Waals surface area contributed by atoms with Crippen molar-refractivity contribution in [2.45, 2.75) is 18.9 Å². The lowest BCUT2D eigenvalue weighted by atomic mass is 10.2. The molecule has 1 aliphatic heterocycles. The molecule has 1 atom stereocenters. The molecule has 1 aliphatic rings. The summed E-state index contributed by atoms with van der Waals surface area (Å²) in [5, 5.41) is 0. The number of anilines is 1. The maximum atomic E-state index is 13.3. The molecule has 2 rings (SSSR count). The summed E-state index contributed by atoms with van der Waals surface area (Å²) < 4.78 is 24.0. The summed E-state index contributed by atoms with van der Waals surface area (Å²) in [6.45, 7) is 1.18. The molecule has 0 bridgehead atoms. The minimum atomic E-state index is -0.423. The predicted octanol–water partition coefficient (Wildman–Crippen LogP) is 1.97. The molecule has 1 saturated heterocycles. The van der Waals surface area contributed by atoms with Crippen molar-refractivity contribution in [2.75, 3.05) is 18.9 Å². The average molecular weight is 211 g/mol. The van der Waals surface area contributed by atoms with Gasteiger partial charge in [0, 0.05) is 18.4 Å². The summed E-state index contributed by atoms with van der Waals surface area (Å²) in [6, 6.07) is 4.42. The van der Waals surface area contributed by atoms with E-state index in [1.54, 1.807) is 12.1 Å². The number of hydrogen-bond donors (Lipinski definition) is 1. The standard InChI is InChI=1S/C11H14FNO2/c12-10-6-8(13)3-4-11(10)15-7-9-2-1-5-14-9/h3-4,6,9H,1-2,5,7,13H2. The summed E-state index contributed by atoms with van der Waals surface area (Å²) in [5.41, 5.74) is 5.83. The highest BCUT2D eigenvalue weighted by Gasteiger charge is 2.16. The molecule has 2 N–H and O–H groups in total. The van der Waals surface area contributed by atoms with Crippen molar-refractivity contribution in [1.29, 1.82) is 0 Å². The molecule has 0 radical (unpaired) electrons. The van der Waals surface area contributed by atoms with Crippen molar-refractivity contribution in [3.63, 3.8) is 0 Å². The van der Waals surface area contributed by atoms with Gasteiger partial charge in [-0.3, -0.25) is 0 Å². The van der Waals surface area contributed by atoms with Gasteiger partial charge in [0.1, 0.15) is 6.61 Å². The fourth-order valence-electron chi connectivity index (χ4n) is 1.59. The second-order valence-corrected chi connectivity index (χ2v) is 3.64. The van der Waals surface area contributed by atoms with Crippen molar-refractivity contribution in [2.24, 2.45) is 0 Å². The van der Waals surface area contributed by atoms with E-state index in [2.05, 4.69) is 0 Å². The van der Waals surface area contributed by atoms with Gasteiger partial charge in [0.25, 0.3) is 0 Å². The fourth-order valence-corrected chi connectivity index (χ4v) is 1.59. The largest absolute Gasteiger partial charge is 0.488 e. The van der Waals surface area contributed by atoms with Crippen LogP contribution < -0.4 is 10.5 Å². The van der Waals surface area contributed by atoms with E-state index in [-0.39, 0.29) is 11.9 Å². The Morgan fingerprint density at radius 1 is 1.53 bits per heavy atom. The Bertz CT molecular complexity index is 337. The van der Waals surface area contributed by atoms with E-state index in [1.807, 2.05) is 0 Å². The van der Waals surface area contributed by atoms with Gasteiger partial charge in [-0.2, -0.15) is 0 Å². The fraction of sp³-hybridized carbons (Fsp3) is 0.455. The van der Waals surface area contributed by atoms with Gasteiger partial charge in [-0.25, -0.2) is 4.39 Å². The molecule has 0 aliphatic carbocycles. The van der Waals surface area contributed by atoms with E-state index in [4.69, 9.17) is 15.2 Å². The summed E-state index contributed by atoms with van der Waals surface area (Å²) in [7, 11) is 0. The van der Waals surface area contributed by atoms with Gasteiger partial charge < -0.3 is 15.2 Å².